The molecule has 0 fully saturated rings. The first-order chi connectivity index (χ1) is 9.44. The minimum Gasteiger partial charge on any atom is -0.392 e. The monoisotopic (exact) mass is 299 g/mol. The molecule has 0 aliphatic carbocycles. The predicted molar refractivity (Wildman–Crippen MR) is 69.6 cm³/mol. The molecular weight excluding hydrogens is 285 g/mol. The standard InChI is InChI=1S/C12H14FN3O3S/c1-8(12-14-4-5-15-12)16-20(18,19)10-2-3-11(13)9(6-10)7-17/h2-6,8,16-17H,7H2,1H3,(H,14,15). The van der Waals surface area contributed by atoms with Gasteiger partial charge in [-0.3, -0.25) is 0 Å². The Morgan fingerprint density at radius 3 is 2.85 bits per heavy atom. The fraction of sp³-hybridized carbons (Fsp3) is 0.250. The van der Waals surface area contributed by atoms with Gasteiger partial charge in [-0.05, 0) is 25.1 Å². The van der Waals surface area contributed by atoms with Crippen LogP contribution in [0.4, 0.5) is 4.39 Å². The van der Waals surface area contributed by atoms with Gasteiger partial charge in [0, 0.05) is 18.0 Å². The van der Waals surface area contributed by atoms with Crippen LogP contribution in [0.5, 0.6) is 0 Å². The van der Waals surface area contributed by atoms with Crippen molar-refractivity contribution in [3.63, 3.8) is 0 Å². The quantitative estimate of drug-likeness (QED) is 0.770. The molecule has 1 aromatic heterocycles. The lowest BCUT2D eigenvalue weighted by molar-refractivity contribution is 0.275. The van der Waals surface area contributed by atoms with Gasteiger partial charge in [0.1, 0.15) is 11.6 Å². The molecule has 0 saturated carbocycles. The molecule has 0 aliphatic rings. The number of imidazole rings is 1. The summed E-state index contributed by atoms with van der Waals surface area (Å²) in [5, 5.41) is 8.97. The van der Waals surface area contributed by atoms with Crippen molar-refractivity contribution in [2.45, 2.75) is 24.5 Å². The summed E-state index contributed by atoms with van der Waals surface area (Å²) < 4.78 is 40.0. The molecule has 1 heterocycles. The van der Waals surface area contributed by atoms with Crippen LogP contribution in [0.1, 0.15) is 24.4 Å². The van der Waals surface area contributed by atoms with E-state index in [0.717, 1.165) is 18.2 Å². The van der Waals surface area contributed by atoms with E-state index in [2.05, 4.69) is 14.7 Å². The number of rotatable bonds is 5. The van der Waals surface area contributed by atoms with E-state index in [9.17, 15) is 12.8 Å². The maximum atomic E-state index is 13.3. The highest BCUT2D eigenvalue weighted by Gasteiger charge is 2.20. The van der Waals surface area contributed by atoms with E-state index < -0.39 is 28.5 Å². The van der Waals surface area contributed by atoms with Crippen LogP contribution in [-0.2, 0) is 16.6 Å². The average molecular weight is 299 g/mol. The Labute approximate surface area is 115 Å². The van der Waals surface area contributed by atoms with Crippen LogP contribution >= 0.6 is 0 Å². The highest BCUT2D eigenvalue weighted by molar-refractivity contribution is 7.89. The number of aliphatic hydroxyl groups excluding tert-OH is 1. The lowest BCUT2D eigenvalue weighted by Gasteiger charge is -2.13. The van der Waals surface area contributed by atoms with E-state index in [1.165, 1.54) is 6.20 Å². The van der Waals surface area contributed by atoms with E-state index in [-0.39, 0.29) is 10.5 Å². The third-order valence-corrected chi connectivity index (χ3v) is 4.30. The maximum Gasteiger partial charge on any atom is 0.241 e. The molecule has 1 unspecified atom stereocenters. The topological polar surface area (TPSA) is 95.1 Å². The predicted octanol–water partition coefficient (Wildman–Crippen LogP) is 1.08. The van der Waals surface area contributed by atoms with Crippen molar-refractivity contribution in [2.24, 2.45) is 0 Å². The molecule has 0 amide bonds. The third-order valence-electron chi connectivity index (χ3n) is 2.76. The number of aromatic amines is 1. The molecule has 2 rings (SSSR count). The zero-order chi connectivity index (χ0) is 14.8. The first kappa shape index (κ1) is 14.6. The molecule has 108 valence electrons. The number of hydrogen-bond acceptors (Lipinski definition) is 4. The lowest BCUT2D eigenvalue weighted by Crippen LogP contribution is -2.27. The molecular formula is C12H14FN3O3S. The van der Waals surface area contributed by atoms with Gasteiger partial charge in [-0.25, -0.2) is 22.5 Å². The van der Waals surface area contributed by atoms with Crippen LogP contribution in [0, 0.1) is 5.82 Å². The van der Waals surface area contributed by atoms with Crippen LogP contribution in [0.25, 0.3) is 0 Å². The summed E-state index contributed by atoms with van der Waals surface area (Å²) in [5.41, 5.74) is -0.0708. The molecule has 1 atom stereocenters. The van der Waals surface area contributed by atoms with Crippen LogP contribution in [0.3, 0.4) is 0 Å². The van der Waals surface area contributed by atoms with E-state index in [1.54, 1.807) is 13.1 Å². The second-order valence-electron chi connectivity index (χ2n) is 4.23. The fourth-order valence-electron chi connectivity index (χ4n) is 1.71. The molecule has 0 spiro atoms. The van der Waals surface area contributed by atoms with Gasteiger partial charge in [0.25, 0.3) is 0 Å². The summed E-state index contributed by atoms with van der Waals surface area (Å²) in [7, 11) is -3.82. The van der Waals surface area contributed by atoms with Gasteiger partial charge in [-0.1, -0.05) is 0 Å². The number of hydrogen-bond donors (Lipinski definition) is 3. The van der Waals surface area contributed by atoms with Crippen molar-refractivity contribution in [2.75, 3.05) is 0 Å². The maximum absolute atomic E-state index is 13.3. The van der Waals surface area contributed by atoms with E-state index in [0.29, 0.717) is 5.82 Å². The molecule has 20 heavy (non-hydrogen) atoms. The van der Waals surface area contributed by atoms with Gasteiger partial charge in [-0.2, -0.15) is 0 Å². The van der Waals surface area contributed by atoms with E-state index in [4.69, 9.17) is 5.11 Å². The van der Waals surface area contributed by atoms with Crippen molar-refractivity contribution in [1.82, 2.24) is 14.7 Å². The Bertz CT molecular complexity index is 686. The summed E-state index contributed by atoms with van der Waals surface area (Å²) in [6, 6.07) is 2.70. The Morgan fingerprint density at radius 1 is 1.50 bits per heavy atom. The Balaban J connectivity index is 2.26. The van der Waals surface area contributed by atoms with Crippen LogP contribution < -0.4 is 4.72 Å². The zero-order valence-corrected chi connectivity index (χ0v) is 11.5. The van der Waals surface area contributed by atoms with Crippen LogP contribution in [-0.4, -0.2) is 23.5 Å². The smallest absolute Gasteiger partial charge is 0.241 e. The Morgan fingerprint density at radius 2 is 2.25 bits per heavy atom. The third kappa shape index (κ3) is 3.03. The van der Waals surface area contributed by atoms with E-state index in [1.807, 2.05) is 0 Å². The fourth-order valence-corrected chi connectivity index (χ4v) is 2.97. The molecule has 0 bridgehead atoms. The van der Waals surface area contributed by atoms with Gasteiger partial charge < -0.3 is 10.1 Å². The van der Waals surface area contributed by atoms with Crippen LogP contribution in [0.15, 0.2) is 35.5 Å². The number of nitrogens with one attached hydrogen (secondary N) is 2. The number of aromatic nitrogens is 2. The molecule has 3 N–H and O–H groups in total. The van der Waals surface area contributed by atoms with Gasteiger partial charge in [-0.15, -0.1) is 0 Å². The van der Waals surface area contributed by atoms with Crippen molar-refractivity contribution >= 4 is 10.0 Å². The minimum absolute atomic E-state index is 0.0708. The van der Waals surface area contributed by atoms with E-state index >= 15 is 0 Å². The van der Waals surface area contributed by atoms with Gasteiger partial charge >= 0.3 is 0 Å². The summed E-state index contributed by atoms with van der Waals surface area (Å²) in [6.07, 6.45) is 3.10. The largest absolute Gasteiger partial charge is 0.392 e. The molecule has 1 aromatic carbocycles. The molecule has 2 aromatic rings. The lowest BCUT2D eigenvalue weighted by atomic mass is 10.2. The second kappa shape index (κ2) is 5.70. The second-order valence-corrected chi connectivity index (χ2v) is 5.94. The van der Waals surface area contributed by atoms with Crippen molar-refractivity contribution in [3.8, 4) is 0 Å². The minimum atomic E-state index is -3.82. The van der Waals surface area contributed by atoms with Crippen molar-refractivity contribution in [3.05, 3.63) is 47.8 Å². The van der Waals surface area contributed by atoms with Crippen molar-refractivity contribution < 1.29 is 17.9 Å². The Hall–Kier alpha value is -1.77. The molecule has 0 aliphatic heterocycles. The van der Waals surface area contributed by atoms with Crippen LogP contribution in [0.2, 0.25) is 0 Å². The summed E-state index contributed by atoms with van der Waals surface area (Å²) in [6.45, 7) is 1.07. The molecule has 6 nitrogen and oxygen atoms in total. The number of nitrogens with zero attached hydrogens (tertiary/aromatic N) is 1. The Kier molecular flexibility index (Phi) is 4.17. The zero-order valence-electron chi connectivity index (χ0n) is 10.7. The number of benzene rings is 1. The number of halogens is 1. The number of aliphatic hydroxyl groups is 1. The number of sulfonamides is 1. The summed E-state index contributed by atoms with van der Waals surface area (Å²) in [5.74, 6) is -0.177. The molecule has 8 heteroatoms. The normalized spacial score (nSPS) is 13.3. The molecule has 0 radical (unpaired) electrons. The van der Waals surface area contributed by atoms with Gasteiger partial charge in [0.05, 0.1) is 17.5 Å². The number of H-pyrrole nitrogens is 1. The first-order valence-electron chi connectivity index (χ1n) is 5.85. The average Bonchev–Trinajstić information content (AvgIpc) is 2.92. The summed E-state index contributed by atoms with van der Waals surface area (Å²) in [4.78, 5) is 6.65. The highest BCUT2D eigenvalue weighted by Crippen LogP contribution is 2.17. The van der Waals surface area contributed by atoms with Crippen molar-refractivity contribution in [1.29, 1.82) is 0 Å². The SMILES string of the molecule is CC(NS(=O)(=O)c1ccc(F)c(CO)c1)c1ncc[nH]1. The van der Waals surface area contributed by atoms with Gasteiger partial charge in [0.2, 0.25) is 10.0 Å². The first-order valence-corrected chi connectivity index (χ1v) is 7.33. The van der Waals surface area contributed by atoms with Gasteiger partial charge in [0.15, 0.2) is 0 Å². The highest BCUT2D eigenvalue weighted by atomic mass is 32.2. The summed E-state index contributed by atoms with van der Waals surface area (Å²) >= 11 is 0. The molecule has 0 saturated heterocycles.